The minimum absolute atomic E-state index is 0.00650. The zero-order valence-electron chi connectivity index (χ0n) is 13.3. The maximum absolute atomic E-state index is 11.5. The first kappa shape index (κ1) is 15.7. The summed E-state index contributed by atoms with van der Waals surface area (Å²) in [4.78, 5) is 21.4. The normalized spacial score (nSPS) is 17.9. The molecule has 0 spiro atoms. The van der Waals surface area contributed by atoms with Crippen molar-refractivity contribution in [2.24, 2.45) is 0 Å². The molecule has 0 atom stereocenters. The quantitative estimate of drug-likeness (QED) is 0.492. The van der Waals surface area contributed by atoms with Crippen LogP contribution in [0.2, 0.25) is 0 Å². The SMILES string of the molecule is O=[N+]([O-])c1c(NCCC2=CCCCC2)ncnc1N1CCCC1. The van der Waals surface area contributed by atoms with Gasteiger partial charge in [0.05, 0.1) is 4.92 Å². The number of nitro groups is 1. The number of anilines is 2. The molecule has 2 heterocycles. The van der Waals surface area contributed by atoms with Crippen LogP contribution in [0, 0.1) is 10.1 Å². The van der Waals surface area contributed by atoms with Crippen molar-refractivity contribution < 1.29 is 4.92 Å². The van der Waals surface area contributed by atoms with Gasteiger partial charge >= 0.3 is 5.69 Å². The van der Waals surface area contributed by atoms with Gasteiger partial charge in [-0.3, -0.25) is 10.1 Å². The van der Waals surface area contributed by atoms with Crippen molar-refractivity contribution in [3.8, 4) is 0 Å². The molecule has 1 aromatic rings. The first-order valence-electron chi connectivity index (χ1n) is 8.42. The number of hydrogen-bond acceptors (Lipinski definition) is 6. The van der Waals surface area contributed by atoms with Gasteiger partial charge < -0.3 is 10.2 Å². The minimum atomic E-state index is -0.365. The van der Waals surface area contributed by atoms with Gasteiger partial charge in [-0.1, -0.05) is 11.6 Å². The lowest BCUT2D eigenvalue weighted by Crippen LogP contribution is -2.21. The van der Waals surface area contributed by atoms with Crippen LogP contribution in [-0.2, 0) is 0 Å². The predicted molar refractivity (Wildman–Crippen MR) is 89.8 cm³/mol. The van der Waals surface area contributed by atoms with Crippen molar-refractivity contribution in [1.29, 1.82) is 0 Å². The predicted octanol–water partition coefficient (Wildman–Crippen LogP) is 3.29. The molecule has 1 aliphatic carbocycles. The van der Waals surface area contributed by atoms with Crippen molar-refractivity contribution in [2.45, 2.75) is 44.9 Å². The second-order valence-electron chi connectivity index (χ2n) is 6.13. The second-order valence-corrected chi connectivity index (χ2v) is 6.13. The third-order valence-corrected chi connectivity index (χ3v) is 4.51. The zero-order chi connectivity index (χ0) is 16.1. The number of nitrogens with one attached hydrogen (secondary N) is 1. The lowest BCUT2D eigenvalue weighted by molar-refractivity contribution is -0.383. The van der Waals surface area contributed by atoms with E-state index in [-0.39, 0.29) is 10.6 Å². The fourth-order valence-electron chi connectivity index (χ4n) is 3.30. The fraction of sp³-hybridized carbons (Fsp3) is 0.625. The van der Waals surface area contributed by atoms with Gasteiger partial charge in [-0.15, -0.1) is 0 Å². The molecule has 1 saturated heterocycles. The minimum Gasteiger partial charge on any atom is -0.364 e. The fourth-order valence-corrected chi connectivity index (χ4v) is 3.30. The summed E-state index contributed by atoms with van der Waals surface area (Å²) in [6, 6.07) is 0. The maximum atomic E-state index is 11.5. The van der Waals surface area contributed by atoms with Crippen molar-refractivity contribution >= 4 is 17.3 Å². The van der Waals surface area contributed by atoms with E-state index < -0.39 is 0 Å². The molecule has 7 nitrogen and oxygen atoms in total. The number of hydrogen-bond donors (Lipinski definition) is 1. The van der Waals surface area contributed by atoms with Crippen LogP contribution in [0.4, 0.5) is 17.3 Å². The monoisotopic (exact) mass is 317 g/mol. The molecule has 1 aromatic heterocycles. The Bertz CT molecular complexity index is 596. The van der Waals surface area contributed by atoms with E-state index in [9.17, 15) is 10.1 Å². The van der Waals surface area contributed by atoms with Gasteiger partial charge in [0.2, 0.25) is 11.6 Å². The van der Waals surface area contributed by atoms with Crippen LogP contribution in [0.1, 0.15) is 44.9 Å². The van der Waals surface area contributed by atoms with Gasteiger partial charge in [0.15, 0.2) is 0 Å². The first-order chi connectivity index (χ1) is 11.3. The summed E-state index contributed by atoms with van der Waals surface area (Å²) in [6.07, 6.45) is 11.6. The Hall–Kier alpha value is -2.18. The van der Waals surface area contributed by atoms with Crippen LogP contribution in [-0.4, -0.2) is 34.5 Å². The van der Waals surface area contributed by atoms with Crippen molar-refractivity contribution in [3.05, 3.63) is 28.1 Å². The molecule has 1 aliphatic heterocycles. The average Bonchev–Trinajstić information content (AvgIpc) is 3.10. The highest BCUT2D eigenvalue weighted by molar-refractivity contribution is 5.70. The zero-order valence-corrected chi connectivity index (χ0v) is 13.3. The van der Waals surface area contributed by atoms with Gasteiger partial charge in [0.25, 0.3) is 0 Å². The standard InChI is InChI=1S/C16H23N5O2/c22-21(23)14-15(17-9-8-13-6-2-1-3-7-13)18-12-19-16(14)20-10-4-5-11-20/h6,12H,1-5,7-11H2,(H,17,18,19). The van der Waals surface area contributed by atoms with E-state index in [4.69, 9.17) is 0 Å². The van der Waals surface area contributed by atoms with Gasteiger partial charge in [0.1, 0.15) is 6.33 Å². The number of allylic oxidation sites excluding steroid dienone is 1. The Balaban J connectivity index is 1.71. The topological polar surface area (TPSA) is 84.2 Å². The number of nitrogens with zero attached hydrogens (tertiary/aromatic N) is 4. The highest BCUT2D eigenvalue weighted by Crippen LogP contribution is 2.33. The lowest BCUT2D eigenvalue weighted by Gasteiger charge is -2.17. The van der Waals surface area contributed by atoms with E-state index in [0.29, 0.717) is 18.2 Å². The molecular weight excluding hydrogens is 294 g/mol. The molecule has 7 heteroatoms. The molecule has 0 radical (unpaired) electrons. The van der Waals surface area contributed by atoms with Crippen molar-refractivity contribution in [2.75, 3.05) is 29.9 Å². The van der Waals surface area contributed by atoms with E-state index in [1.54, 1.807) is 0 Å². The Morgan fingerprint density at radius 2 is 2.04 bits per heavy atom. The Kier molecular flexibility index (Phi) is 5.05. The summed E-state index contributed by atoms with van der Waals surface area (Å²) in [6.45, 7) is 2.32. The molecular formula is C16H23N5O2. The van der Waals surface area contributed by atoms with Crippen LogP contribution in [0.5, 0.6) is 0 Å². The van der Waals surface area contributed by atoms with E-state index in [1.165, 1.54) is 24.7 Å². The van der Waals surface area contributed by atoms with Crippen molar-refractivity contribution in [3.63, 3.8) is 0 Å². The summed E-state index contributed by atoms with van der Waals surface area (Å²) in [7, 11) is 0. The first-order valence-corrected chi connectivity index (χ1v) is 8.42. The maximum Gasteiger partial charge on any atom is 0.353 e. The van der Waals surface area contributed by atoms with E-state index in [1.807, 2.05) is 4.90 Å². The summed E-state index contributed by atoms with van der Waals surface area (Å²) in [5, 5.41) is 14.7. The highest BCUT2D eigenvalue weighted by atomic mass is 16.6. The average molecular weight is 317 g/mol. The number of rotatable bonds is 6. The van der Waals surface area contributed by atoms with Gasteiger partial charge in [-0.25, -0.2) is 9.97 Å². The van der Waals surface area contributed by atoms with Crippen LogP contribution < -0.4 is 10.2 Å². The number of aromatic nitrogens is 2. The van der Waals surface area contributed by atoms with Crippen LogP contribution in [0.25, 0.3) is 0 Å². The molecule has 2 aliphatic rings. The Morgan fingerprint density at radius 3 is 2.74 bits per heavy atom. The largest absolute Gasteiger partial charge is 0.364 e. The third-order valence-electron chi connectivity index (χ3n) is 4.51. The third kappa shape index (κ3) is 3.78. The van der Waals surface area contributed by atoms with Gasteiger partial charge in [-0.2, -0.15) is 0 Å². The van der Waals surface area contributed by atoms with E-state index in [0.717, 1.165) is 45.2 Å². The van der Waals surface area contributed by atoms with Crippen LogP contribution >= 0.6 is 0 Å². The summed E-state index contributed by atoms with van der Waals surface area (Å²) in [5.74, 6) is 0.783. The molecule has 1 N–H and O–H groups in total. The van der Waals surface area contributed by atoms with Crippen LogP contribution in [0.15, 0.2) is 18.0 Å². The smallest absolute Gasteiger partial charge is 0.353 e. The summed E-state index contributed by atoms with van der Waals surface area (Å²) < 4.78 is 0. The Labute approximate surface area is 136 Å². The molecule has 0 bridgehead atoms. The second kappa shape index (κ2) is 7.39. The Morgan fingerprint density at radius 1 is 1.22 bits per heavy atom. The van der Waals surface area contributed by atoms with Gasteiger partial charge in [-0.05, 0) is 44.9 Å². The van der Waals surface area contributed by atoms with Crippen LogP contribution in [0.3, 0.4) is 0 Å². The molecule has 0 aromatic carbocycles. The highest BCUT2D eigenvalue weighted by Gasteiger charge is 2.28. The molecule has 0 unspecified atom stereocenters. The lowest BCUT2D eigenvalue weighted by atomic mass is 9.97. The summed E-state index contributed by atoms with van der Waals surface area (Å²) >= 11 is 0. The van der Waals surface area contributed by atoms with E-state index >= 15 is 0 Å². The molecule has 124 valence electrons. The summed E-state index contributed by atoms with van der Waals surface area (Å²) in [5.41, 5.74) is 1.45. The molecule has 0 saturated carbocycles. The molecule has 1 fully saturated rings. The van der Waals surface area contributed by atoms with E-state index in [2.05, 4.69) is 21.4 Å². The molecule has 23 heavy (non-hydrogen) atoms. The van der Waals surface area contributed by atoms with Crippen molar-refractivity contribution in [1.82, 2.24) is 9.97 Å². The molecule has 0 amide bonds. The van der Waals surface area contributed by atoms with Gasteiger partial charge in [0, 0.05) is 19.6 Å². The molecule has 3 rings (SSSR count).